The van der Waals surface area contributed by atoms with E-state index >= 15 is 0 Å². The zero-order valence-corrected chi connectivity index (χ0v) is 4.97. The first-order valence-corrected chi connectivity index (χ1v) is 2.50. The topological polar surface area (TPSA) is 37.3 Å². The van der Waals surface area contributed by atoms with Crippen molar-refractivity contribution in [3.05, 3.63) is 0 Å². The second-order valence-electron chi connectivity index (χ2n) is 1.97. The van der Waals surface area contributed by atoms with Crippen LogP contribution in [0.15, 0.2) is 0 Å². The van der Waals surface area contributed by atoms with Gasteiger partial charge in [-0.05, 0) is 0 Å². The molecule has 2 nitrogen and oxygen atoms in total. The summed E-state index contributed by atoms with van der Waals surface area (Å²) in [7, 11) is 0. The van der Waals surface area contributed by atoms with Crippen molar-refractivity contribution in [3.63, 3.8) is 0 Å². The molecule has 0 bridgehead atoms. The van der Waals surface area contributed by atoms with E-state index in [1.807, 2.05) is 0 Å². The average Bonchev–Trinajstić information content (AvgIpc) is 2.14. The van der Waals surface area contributed by atoms with Crippen molar-refractivity contribution < 1.29 is 18.7 Å². The van der Waals surface area contributed by atoms with Crippen LogP contribution in [-0.4, -0.2) is 17.5 Å². The third kappa shape index (κ3) is 3.00. The van der Waals surface area contributed by atoms with E-state index in [-0.39, 0.29) is 18.8 Å². The van der Waals surface area contributed by atoms with Crippen LogP contribution in [0.25, 0.3) is 0 Å². The van der Waals surface area contributed by atoms with Crippen molar-refractivity contribution in [2.24, 2.45) is 5.92 Å². The van der Waals surface area contributed by atoms with Crippen molar-refractivity contribution in [1.82, 2.24) is 0 Å². The summed E-state index contributed by atoms with van der Waals surface area (Å²) < 4.78 is 23.1. The fraction of sp³-hybridized carbons (Fsp3) is 0.800. The maximum Gasteiger partial charge on any atom is 0.290 e. The van der Waals surface area contributed by atoms with E-state index in [4.69, 9.17) is 9.90 Å². The predicted octanol–water partition coefficient (Wildman–Crippen LogP) is 1.36. The van der Waals surface area contributed by atoms with Crippen LogP contribution in [0, 0.1) is 5.92 Å². The van der Waals surface area contributed by atoms with Crippen LogP contribution in [0.1, 0.15) is 13.3 Å². The first-order valence-electron chi connectivity index (χ1n) is 2.50. The monoisotopic (exact) mass is 138 g/mol. The van der Waals surface area contributed by atoms with Crippen LogP contribution in [0.3, 0.4) is 0 Å². The predicted molar refractivity (Wildman–Crippen MR) is 27.4 cm³/mol. The number of carbonyl (C=O) groups is 1. The Morgan fingerprint density at radius 3 is 1.89 bits per heavy atom. The van der Waals surface area contributed by atoms with E-state index in [1.165, 1.54) is 0 Å². The highest BCUT2D eigenvalue weighted by Crippen LogP contribution is 2.47. The van der Waals surface area contributed by atoms with Gasteiger partial charge >= 0.3 is 0 Å². The molecule has 0 aromatic carbocycles. The van der Waals surface area contributed by atoms with Gasteiger partial charge in [0.15, 0.2) is 0 Å². The van der Waals surface area contributed by atoms with Gasteiger partial charge in [-0.3, -0.25) is 4.79 Å². The first-order chi connectivity index (χ1) is 4.04. The van der Waals surface area contributed by atoms with Gasteiger partial charge in [0.2, 0.25) is 0 Å². The minimum absolute atomic E-state index is 0.104. The molecule has 1 N–H and O–H groups in total. The zero-order valence-electron chi connectivity index (χ0n) is 4.97. The van der Waals surface area contributed by atoms with E-state index in [9.17, 15) is 8.78 Å². The molecule has 1 rings (SSSR count). The molecule has 0 aromatic rings. The van der Waals surface area contributed by atoms with Gasteiger partial charge in [0.05, 0.1) is 0 Å². The lowest BCUT2D eigenvalue weighted by molar-refractivity contribution is -0.122. The third-order valence-electron chi connectivity index (χ3n) is 1.14. The fourth-order valence-electron chi connectivity index (χ4n) is 0.349. The minimum atomic E-state index is -2.29. The Bertz CT molecular complexity index is 103. The van der Waals surface area contributed by atoms with Crippen molar-refractivity contribution in [1.29, 1.82) is 0 Å². The molecule has 0 aliphatic heterocycles. The third-order valence-corrected chi connectivity index (χ3v) is 1.14. The molecule has 1 aliphatic rings. The molecule has 54 valence electrons. The normalized spacial score (nSPS) is 27.7. The molecule has 0 aromatic heterocycles. The highest BCUT2D eigenvalue weighted by Gasteiger charge is 2.53. The van der Waals surface area contributed by atoms with Crippen molar-refractivity contribution in [3.8, 4) is 0 Å². The lowest BCUT2D eigenvalue weighted by Crippen LogP contribution is -1.87. The molecule has 0 radical (unpaired) electrons. The number of hydrogen-bond donors (Lipinski definition) is 1. The lowest BCUT2D eigenvalue weighted by Gasteiger charge is -1.82. The van der Waals surface area contributed by atoms with E-state index in [0.717, 1.165) is 0 Å². The maximum atomic E-state index is 11.5. The summed E-state index contributed by atoms with van der Waals surface area (Å²) in [6, 6.07) is 0. The molecule has 1 saturated carbocycles. The second kappa shape index (κ2) is 2.75. The van der Waals surface area contributed by atoms with Gasteiger partial charge < -0.3 is 5.11 Å². The molecule has 4 heteroatoms. The van der Waals surface area contributed by atoms with E-state index < -0.39 is 5.92 Å². The molecule has 1 atom stereocenters. The SMILES string of the molecule is CC1CC1(F)F.O=CO. The molecular formula is C5H8F2O2. The maximum absolute atomic E-state index is 11.5. The largest absolute Gasteiger partial charge is 0.483 e. The van der Waals surface area contributed by atoms with Gasteiger partial charge in [-0.15, -0.1) is 0 Å². The Hall–Kier alpha value is -0.670. The molecule has 0 heterocycles. The molecule has 9 heavy (non-hydrogen) atoms. The Kier molecular flexibility index (Phi) is 2.55. The van der Waals surface area contributed by atoms with Gasteiger partial charge in [0.1, 0.15) is 0 Å². The summed E-state index contributed by atoms with van der Waals surface area (Å²) in [6.45, 7) is 1.31. The van der Waals surface area contributed by atoms with Gasteiger partial charge in [-0.25, -0.2) is 8.78 Å². The molecule has 1 unspecified atom stereocenters. The number of hydrogen-bond acceptors (Lipinski definition) is 1. The van der Waals surface area contributed by atoms with Crippen LogP contribution in [0.2, 0.25) is 0 Å². The number of rotatable bonds is 0. The van der Waals surface area contributed by atoms with Crippen molar-refractivity contribution >= 4 is 6.47 Å². The molecule has 0 spiro atoms. The average molecular weight is 138 g/mol. The second-order valence-corrected chi connectivity index (χ2v) is 1.97. The summed E-state index contributed by atoms with van der Waals surface area (Å²) in [4.78, 5) is 8.36. The van der Waals surface area contributed by atoms with Crippen molar-refractivity contribution in [2.75, 3.05) is 0 Å². The zero-order chi connectivity index (χ0) is 7.49. The molecule has 0 saturated heterocycles. The molecule has 1 fully saturated rings. The highest BCUT2D eigenvalue weighted by molar-refractivity contribution is 5.32. The Labute approximate surface area is 51.5 Å². The van der Waals surface area contributed by atoms with Gasteiger partial charge in [-0.2, -0.15) is 0 Å². The summed E-state index contributed by atoms with van der Waals surface area (Å²) >= 11 is 0. The Morgan fingerprint density at radius 2 is 1.89 bits per heavy atom. The highest BCUT2D eigenvalue weighted by atomic mass is 19.3. The number of alkyl halides is 2. The van der Waals surface area contributed by atoms with E-state index in [0.29, 0.717) is 0 Å². The van der Waals surface area contributed by atoms with Crippen LogP contribution in [0.5, 0.6) is 0 Å². The molecule has 0 amide bonds. The van der Waals surface area contributed by atoms with Gasteiger partial charge in [-0.1, -0.05) is 6.92 Å². The smallest absolute Gasteiger partial charge is 0.290 e. The standard InChI is InChI=1S/C4H6F2.CH2O2/c1-3-2-4(3,5)6;2-1-3/h3H,2H2,1H3;1H,(H,2,3). The Balaban J connectivity index is 0.000000187. The van der Waals surface area contributed by atoms with Crippen LogP contribution in [-0.2, 0) is 4.79 Å². The van der Waals surface area contributed by atoms with E-state index in [1.54, 1.807) is 6.92 Å². The first kappa shape index (κ1) is 8.33. The summed E-state index contributed by atoms with van der Waals surface area (Å²) in [5.74, 6) is -2.63. The molecule has 1 aliphatic carbocycles. The summed E-state index contributed by atoms with van der Waals surface area (Å²) in [5, 5.41) is 6.89. The van der Waals surface area contributed by atoms with Crippen LogP contribution < -0.4 is 0 Å². The fourth-order valence-corrected chi connectivity index (χ4v) is 0.349. The van der Waals surface area contributed by atoms with Crippen molar-refractivity contribution in [2.45, 2.75) is 19.3 Å². The van der Waals surface area contributed by atoms with Gasteiger partial charge in [0.25, 0.3) is 12.4 Å². The molecular weight excluding hydrogens is 130 g/mol. The van der Waals surface area contributed by atoms with Gasteiger partial charge in [0, 0.05) is 12.3 Å². The Morgan fingerprint density at radius 1 is 1.78 bits per heavy atom. The number of carboxylic acid groups (broad SMARTS) is 1. The van der Waals surface area contributed by atoms with Crippen LogP contribution in [0.4, 0.5) is 8.78 Å². The van der Waals surface area contributed by atoms with Crippen LogP contribution >= 0.6 is 0 Å². The minimum Gasteiger partial charge on any atom is -0.483 e. The quantitative estimate of drug-likeness (QED) is 0.513. The number of halogens is 2. The summed E-state index contributed by atoms with van der Waals surface area (Å²) in [6.07, 6.45) is 0.104. The summed E-state index contributed by atoms with van der Waals surface area (Å²) in [5.41, 5.74) is 0. The van der Waals surface area contributed by atoms with E-state index in [2.05, 4.69) is 0 Å². The lowest BCUT2D eigenvalue weighted by atomic mass is 10.5.